The molecule has 110 valence electrons. The lowest BCUT2D eigenvalue weighted by Gasteiger charge is -2.14. The van der Waals surface area contributed by atoms with Gasteiger partial charge in [0.25, 0.3) is 0 Å². The number of aryl methyl sites for hydroxylation is 1. The third kappa shape index (κ3) is 2.39. The average Bonchev–Trinajstić information content (AvgIpc) is 2.38. The highest BCUT2D eigenvalue weighted by Gasteiger charge is 2.21. The fraction of sp³-hybridized carbons (Fsp3) is 0.154. The smallest absolute Gasteiger partial charge is 0.335 e. The van der Waals surface area contributed by atoms with E-state index in [2.05, 4.69) is 4.98 Å². The van der Waals surface area contributed by atoms with E-state index in [1.807, 2.05) is 0 Å². The van der Waals surface area contributed by atoms with Gasteiger partial charge >= 0.3 is 5.69 Å². The van der Waals surface area contributed by atoms with E-state index in [9.17, 15) is 22.8 Å². The lowest BCUT2D eigenvalue weighted by Crippen LogP contribution is -2.33. The van der Waals surface area contributed by atoms with Crippen LogP contribution in [-0.4, -0.2) is 15.4 Å². The SMILES string of the molecule is CC(=O)c1c(C)nc(=O)n(N)c1-c1cc(F)c(F)c(F)c1. The van der Waals surface area contributed by atoms with Gasteiger partial charge in [0.1, 0.15) is 0 Å². The van der Waals surface area contributed by atoms with Gasteiger partial charge in [-0.3, -0.25) is 4.79 Å². The molecule has 0 amide bonds. The number of hydrogen-bond acceptors (Lipinski definition) is 4. The average molecular weight is 297 g/mol. The summed E-state index contributed by atoms with van der Waals surface area (Å²) in [7, 11) is 0. The van der Waals surface area contributed by atoms with E-state index in [4.69, 9.17) is 5.84 Å². The van der Waals surface area contributed by atoms with Crippen molar-refractivity contribution in [2.24, 2.45) is 0 Å². The summed E-state index contributed by atoms with van der Waals surface area (Å²) in [6, 6.07) is 1.31. The fourth-order valence-electron chi connectivity index (χ4n) is 2.04. The molecule has 0 aliphatic carbocycles. The highest BCUT2D eigenvalue weighted by Crippen LogP contribution is 2.26. The van der Waals surface area contributed by atoms with Crippen molar-refractivity contribution in [2.75, 3.05) is 5.84 Å². The molecule has 8 heteroatoms. The standard InChI is InChI=1S/C13H10F3N3O2/c1-5-10(6(2)20)12(19(17)13(21)18-5)7-3-8(14)11(16)9(15)4-7/h3-4H,17H2,1-2H3. The first-order valence-electron chi connectivity index (χ1n) is 5.78. The van der Waals surface area contributed by atoms with Crippen molar-refractivity contribution in [3.05, 3.63) is 51.3 Å². The Morgan fingerprint density at radius 1 is 1.24 bits per heavy atom. The summed E-state index contributed by atoms with van der Waals surface area (Å²) in [5, 5.41) is 0. The van der Waals surface area contributed by atoms with Crippen LogP contribution in [0, 0.1) is 24.4 Å². The number of nitrogen functional groups attached to an aromatic ring is 1. The molecule has 1 aromatic carbocycles. The van der Waals surface area contributed by atoms with Crippen LogP contribution >= 0.6 is 0 Å². The molecule has 0 saturated carbocycles. The third-order valence-corrected chi connectivity index (χ3v) is 2.92. The van der Waals surface area contributed by atoms with Gasteiger partial charge in [0.2, 0.25) is 0 Å². The maximum atomic E-state index is 13.3. The van der Waals surface area contributed by atoms with Crippen molar-refractivity contribution in [3.63, 3.8) is 0 Å². The molecule has 0 bridgehead atoms. The summed E-state index contributed by atoms with van der Waals surface area (Å²) in [6.07, 6.45) is 0. The molecule has 0 spiro atoms. The summed E-state index contributed by atoms with van der Waals surface area (Å²) < 4.78 is 40.2. The molecule has 0 saturated heterocycles. The Bertz CT molecular complexity index is 792. The molecule has 0 aliphatic heterocycles. The summed E-state index contributed by atoms with van der Waals surface area (Å²) >= 11 is 0. The van der Waals surface area contributed by atoms with Crippen LogP contribution in [0.25, 0.3) is 11.3 Å². The minimum atomic E-state index is -1.65. The number of benzene rings is 1. The lowest BCUT2D eigenvalue weighted by molar-refractivity contribution is 0.101. The Morgan fingerprint density at radius 2 is 1.76 bits per heavy atom. The molecule has 2 aromatic rings. The number of rotatable bonds is 2. The number of carbonyl (C=O) groups is 1. The number of Topliss-reactive ketones (excluding diaryl/α,β-unsaturated/α-hetero) is 1. The van der Waals surface area contributed by atoms with E-state index in [0.29, 0.717) is 16.8 Å². The summed E-state index contributed by atoms with van der Waals surface area (Å²) in [5.41, 5.74) is -1.37. The van der Waals surface area contributed by atoms with Crippen molar-refractivity contribution in [3.8, 4) is 11.3 Å². The Hall–Kier alpha value is -2.64. The molecule has 2 N–H and O–H groups in total. The molecular weight excluding hydrogens is 287 g/mol. The van der Waals surface area contributed by atoms with Gasteiger partial charge in [-0.2, -0.15) is 4.98 Å². The number of halogens is 3. The Morgan fingerprint density at radius 3 is 2.24 bits per heavy atom. The molecule has 0 atom stereocenters. The zero-order chi connectivity index (χ0) is 15.9. The molecular formula is C13H10F3N3O2. The van der Waals surface area contributed by atoms with Crippen LogP contribution in [0.3, 0.4) is 0 Å². The van der Waals surface area contributed by atoms with Crippen molar-refractivity contribution < 1.29 is 18.0 Å². The van der Waals surface area contributed by atoms with Gasteiger partial charge < -0.3 is 5.84 Å². The number of carbonyl (C=O) groups excluding carboxylic acids is 1. The maximum absolute atomic E-state index is 13.3. The number of hydrogen-bond donors (Lipinski definition) is 1. The van der Waals surface area contributed by atoms with E-state index in [1.54, 1.807) is 0 Å². The monoisotopic (exact) mass is 297 g/mol. The van der Waals surface area contributed by atoms with Crippen molar-refractivity contribution in [2.45, 2.75) is 13.8 Å². The van der Waals surface area contributed by atoms with Gasteiger partial charge in [0, 0.05) is 5.56 Å². The fourth-order valence-corrected chi connectivity index (χ4v) is 2.04. The van der Waals surface area contributed by atoms with Gasteiger partial charge in [0.15, 0.2) is 23.2 Å². The van der Waals surface area contributed by atoms with Crippen molar-refractivity contribution in [1.29, 1.82) is 0 Å². The summed E-state index contributed by atoms with van der Waals surface area (Å²) in [6.45, 7) is 2.58. The third-order valence-electron chi connectivity index (χ3n) is 2.92. The molecule has 0 radical (unpaired) electrons. The molecule has 0 aliphatic rings. The summed E-state index contributed by atoms with van der Waals surface area (Å²) in [5.74, 6) is 0.444. The van der Waals surface area contributed by atoms with E-state index in [1.165, 1.54) is 13.8 Å². The number of nitrogens with zero attached hydrogens (tertiary/aromatic N) is 2. The van der Waals surface area contributed by atoms with E-state index in [0.717, 1.165) is 0 Å². The van der Waals surface area contributed by atoms with Gasteiger partial charge in [-0.1, -0.05) is 0 Å². The number of nitrogens with two attached hydrogens (primary N) is 1. The van der Waals surface area contributed by atoms with Crippen molar-refractivity contribution >= 4 is 5.78 Å². The second-order valence-corrected chi connectivity index (χ2v) is 4.38. The van der Waals surface area contributed by atoms with Crippen LogP contribution in [0.2, 0.25) is 0 Å². The van der Waals surface area contributed by atoms with Gasteiger partial charge in [-0.15, -0.1) is 0 Å². The Labute approximate surface area is 116 Å². The van der Waals surface area contributed by atoms with Crippen LogP contribution in [0.1, 0.15) is 23.0 Å². The summed E-state index contributed by atoms with van der Waals surface area (Å²) in [4.78, 5) is 26.8. The van der Waals surface area contributed by atoms with E-state index < -0.39 is 28.9 Å². The normalized spacial score (nSPS) is 10.7. The van der Waals surface area contributed by atoms with Crippen LogP contribution < -0.4 is 11.5 Å². The maximum Gasteiger partial charge on any atom is 0.366 e. The van der Waals surface area contributed by atoms with E-state index in [-0.39, 0.29) is 22.5 Å². The molecule has 0 unspecified atom stereocenters. The van der Waals surface area contributed by atoms with Crippen LogP contribution in [-0.2, 0) is 0 Å². The van der Waals surface area contributed by atoms with E-state index >= 15 is 0 Å². The molecule has 1 heterocycles. The van der Waals surface area contributed by atoms with Gasteiger partial charge in [-0.25, -0.2) is 22.6 Å². The number of ketones is 1. The minimum Gasteiger partial charge on any atom is -0.335 e. The number of aromatic nitrogens is 2. The zero-order valence-corrected chi connectivity index (χ0v) is 11.1. The second kappa shape index (κ2) is 5.04. The Kier molecular flexibility index (Phi) is 3.54. The van der Waals surface area contributed by atoms with Crippen molar-refractivity contribution in [1.82, 2.24) is 9.66 Å². The largest absolute Gasteiger partial charge is 0.366 e. The predicted octanol–water partition coefficient (Wildman–Crippen LogP) is 1.55. The molecule has 0 fully saturated rings. The Balaban J connectivity index is 2.92. The first kappa shape index (κ1) is 14.8. The highest BCUT2D eigenvalue weighted by molar-refractivity contribution is 6.00. The topological polar surface area (TPSA) is 78.0 Å². The quantitative estimate of drug-likeness (QED) is 0.518. The molecule has 5 nitrogen and oxygen atoms in total. The van der Waals surface area contributed by atoms with Gasteiger partial charge in [0.05, 0.1) is 17.0 Å². The predicted molar refractivity (Wildman–Crippen MR) is 68.7 cm³/mol. The zero-order valence-electron chi connectivity index (χ0n) is 11.1. The molecule has 21 heavy (non-hydrogen) atoms. The second-order valence-electron chi connectivity index (χ2n) is 4.38. The van der Waals surface area contributed by atoms with Crippen LogP contribution in [0.5, 0.6) is 0 Å². The first-order valence-corrected chi connectivity index (χ1v) is 5.78. The lowest BCUT2D eigenvalue weighted by atomic mass is 10.0. The molecule has 1 aromatic heterocycles. The van der Waals surface area contributed by atoms with Crippen LogP contribution in [0.15, 0.2) is 16.9 Å². The molecule has 2 rings (SSSR count). The van der Waals surface area contributed by atoms with Crippen LogP contribution in [0.4, 0.5) is 13.2 Å². The first-order chi connectivity index (χ1) is 9.73. The van der Waals surface area contributed by atoms with Gasteiger partial charge in [-0.05, 0) is 26.0 Å². The minimum absolute atomic E-state index is 0.0642. The highest BCUT2D eigenvalue weighted by atomic mass is 19.2.